The number of ketones is 1. The maximum Gasteiger partial charge on any atom is 0.181 e. The predicted octanol–water partition coefficient (Wildman–Crippen LogP) is 3.29. The van der Waals surface area contributed by atoms with Gasteiger partial charge < -0.3 is 0 Å². The molecule has 0 spiro atoms. The number of carbonyl (C=O) groups excluding carboxylic acids is 1. The highest BCUT2D eigenvalue weighted by Gasteiger charge is 2.05. The second-order valence-electron chi connectivity index (χ2n) is 3.98. The molecule has 2 nitrogen and oxygen atoms in total. The van der Waals surface area contributed by atoms with Crippen molar-refractivity contribution >= 4 is 5.78 Å². The minimum atomic E-state index is 0.126. The summed E-state index contributed by atoms with van der Waals surface area (Å²) in [6.07, 6.45) is 4.04. The zero-order valence-electron chi connectivity index (χ0n) is 9.67. The molecule has 2 aromatic rings. The van der Waals surface area contributed by atoms with Crippen LogP contribution in [-0.4, -0.2) is 10.8 Å². The third-order valence-corrected chi connectivity index (χ3v) is 2.66. The molecule has 86 valence electrons. The van der Waals surface area contributed by atoms with E-state index in [2.05, 4.69) is 17.1 Å². The quantitative estimate of drug-likeness (QED) is 0.731. The summed E-state index contributed by atoms with van der Waals surface area (Å²) in [4.78, 5) is 15.8. The van der Waals surface area contributed by atoms with Crippen molar-refractivity contribution < 1.29 is 4.79 Å². The summed E-state index contributed by atoms with van der Waals surface area (Å²) in [6, 6.07) is 15.7. The van der Waals surface area contributed by atoms with E-state index in [1.54, 1.807) is 12.3 Å². The first kappa shape index (κ1) is 11.5. The molecular formula is C15H15NO. The van der Waals surface area contributed by atoms with Gasteiger partial charge in [-0.05, 0) is 30.5 Å². The number of benzene rings is 1. The van der Waals surface area contributed by atoms with Crippen LogP contribution in [0.15, 0.2) is 54.7 Å². The van der Waals surface area contributed by atoms with Crippen molar-refractivity contribution in [1.82, 2.24) is 4.98 Å². The lowest BCUT2D eigenvalue weighted by Crippen LogP contribution is -2.02. The highest BCUT2D eigenvalue weighted by molar-refractivity contribution is 5.94. The van der Waals surface area contributed by atoms with Gasteiger partial charge in [0.1, 0.15) is 5.69 Å². The summed E-state index contributed by atoms with van der Waals surface area (Å²) in [7, 11) is 0. The van der Waals surface area contributed by atoms with E-state index in [9.17, 15) is 4.79 Å². The summed E-state index contributed by atoms with van der Waals surface area (Å²) in [5, 5.41) is 0. The Bertz CT molecular complexity index is 465. The molecule has 0 bridgehead atoms. The Morgan fingerprint density at radius 1 is 1.00 bits per heavy atom. The molecule has 0 aliphatic rings. The molecule has 0 aliphatic heterocycles. The maximum atomic E-state index is 11.8. The van der Waals surface area contributed by atoms with Gasteiger partial charge in [-0.3, -0.25) is 9.78 Å². The van der Waals surface area contributed by atoms with Gasteiger partial charge in [-0.2, -0.15) is 0 Å². The van der Waals surface area contributed by atoms with E-state index in [0.29, 0.717) is 12.1 Å². The zero-order valence-corrected chi connectivity index (χ0v) is 9.67. The Kier molecular flexibility index (Phi) is 4.03. The van der Waals surface area contributed by atoms with Crippen molar-refractivity contribution in [3.05, 3.63) is 66.0 Å². The summed E-state index contributed by atoms with van der Waals surface area (Å²) < 4.78 is 0. The van der Waals surface area contributed by atoms with Gasteiger partial charge in [-0.1, -0.05) is 36.4 Å². The van der Waals surface area contributed by atoms with Crippen LogP contribution in [0.3, 0.4) is 0 Å². The number of nitrogens with zero attached hydrogens (tertiary/aromatic N) is 1. The SMILES string of the molecule is O=C(CCCc1ccccc1)c1ccccn1. The number of Topliss-reactive ketones (excluding diaryl/α,β-unsaturated/α-hetero) is 1. The van der Waals surface area contributed by atoms with Crippen molar-refractivity contribution in [1.29, 1.82) is 0 Å². The van der Waals surface area contributed by atoms with E-state index in [4.69, 9.17) is 0 Å². The van der Waals surface area contributed by atoms with E-state index in [0.717, 1.165) is 12.8 Å². The number of aryl methyl sites for hydroxylation is 1. The molecule has 0 radical (unpaired) electrons. The van der Waals surface area contributed by atoms with Gasteiger partial charge in [0.05, 0.1) is 0 Å². The molecule has 0 unspecified atom stereocenters. The van der Waals surface area contributed by atoms with Crippen LogP contribution in [0, 0.1) is 0 Å². The molecule has 0 atom stereocenters. The van der Waals surface area contributed by atoms with Crippen LogP contribution >= 0.6 is 0 Å². The smallest absolute Gasteiger partial charge is 0.181 e. The van der Waals surface area contributed by atoms with Crippen LogP contribution in [0.1, 0.15) is 28.9 Å². The van der Waals surface area contributed by atoms with E-state index >= 15 is 0 Å². The van der Waals surface area contributed by atoms with Crippen molar-refractivity contribution in [2.24, 2.45) is 0 Å². The minimum Gasteiger partial charge on any atom is -0.292 e. The molecule has 0 N–H and O–H groups in total. The molecule has 1 heterocycles. The Labute approximate surface area is 101 Å². The molecular weight excluding hydrogens is 210 g/mol. The van der Waals surface area contributed by atoms with Crippen LogP contribution in [-0.2, 0) is 6.42 Å². The molecule has 2 heteroatoms. The van der Waals surface area contributed by atoms with E-state index in [1.807, 2.05) is 30.3 Å². The molecule has 2 rings (SSSR count). The van der Waals surface area contributed by atoms with Crippen LogP contribution in [0.5, 0.6) is 0 Å². The van der Waals surface area contributed by atoms with E-state index in [-0.39, 0.29) is 5.78 Å². The number of aromatic nitrogens is 1. The summed E-state index contributed by atoms with van der Waals surface area (Å²) in [6.45, 7) is 0. The fourth-order valence-electron chi connectivity index (χ4n) is 1.75. The van der Waals surface area contributed by atoms with Gasteiger partial charge in [-0.15, -0.1) is 0 Å². The predicted molar refractivity (Wildman–Crippen MR) is 67.9 cm³/mol. The lowest BCUT2D eigenvalue weighted by atomic mass is 10.1. The lowest BCUT2D eigenvalue weighted by Gasteiger charge is -2.01. The average Bonchev–Trinajstić information content (AvgIpc) is 2.41. The molecule has 1 aromatic carbocycles. The Hall–Kier alpha value is -1.96. The van der Waals surface area contributed by atoms with Crippen molar-refractivity contribution in [3.8, 4) is 0 Å². The van der Waals surface area contributed by atoms with E-state index < -0.39 is 0 Å². The topological polar surface area (TPSA) is 30.0 Å². The normalized spacial score (nSPS) is 10.1. The van der Waals surface area contributed by atoms with Gasteiger partial charge in [0.25, 0.3) is 0 Å². The third kappa shape index (κ3) is 3.52. The summed E-state index contributed by atoms with van der Waals surface area (Å²) >= 11 is 0. The molecule has 0 amide bonds. The van der Waals surface area contributed by atoms with Gasteiger partial charge in [0, 0.05) is 12.6 Å². The highest BCUT2D eigenvalue weighted by atomic mass is 16.1. The van der Waals surface area contributed by atoms with Crippen LogP contribution in [0.2, 0.25) is 0 Å². The number of carbonyl (C=O) groups is 1. The number of rotatable bonds is 5. The molecule has 1 aromatic heterocycles. The third-order valence-electron chi connectivity index (χ3n) is 2.66. The molecule has 0 aliphatic carbocycles. The van der Waals surface area contributed by atoms with Crippen LogP contribution in [0.25, 0.3) is 0 Å². The highest BCUT2D eigenvalue weighted by Crippen LogP contribution is 2.07. The Balaban J connectivity index is 1.82. The van der Waals surface area contributed by atoms with Crippen molar-refractivity contribution in [3.63, 3.8) is 0 Å². The largest absolute Gasteiger partial charge is 0.292 e. The summed E-state index contributed by atoms with van der Waals surface area (Å²) in [5.41, 5.74) is 1.85. The maximum absolute atomic E-state index is 11.8. The lowest BCUT2D eigenvalue weighted by molar-refractivity contribution is 0.0975. The van der Waals surface area contributed by atoms with Gasteiger partial charge >= 0.3 is 0 Å². The second-order valence-corrected chi connectivity index (χ2v) is 3.98. The van der Waals surface area contributed by atoms with Crippen LogP contribution in [0.4, 0.5) is 0 Å². The average molecular weight is 225 g/mol. The standard InChI is InChI=1S/C15H15NO/c17-15(14-10-4-5-12-16-14)11-6-9-13-7-2-1-3-8-13/h1-5,7-8,10,12H,6,9,11H2. The first-order valence-corrected chi connectivity index (χ1v) is 5.84. The first-order chi connectivity index (χ1) is 8.36. The number of hydrogen-bond acceptors (Lipinski definition) is 2. The van der Waals surface area contributed by atoms with Crippen molar-refractivity contribution in [2.75, 3.05) is 0 Å². The number of hydrogen-bond donors (Lipinski definition) is 0. The first-order valence-electron chi connectivity index (χ1n) is 5.84. The van der Waals surface area contributed by atoms with Gasteiger partial charge in [0.2, 0.25) is 0 Å². The monoisotopic (exact) mass is 225 g/mol. The van der Waals surface area contributed by atoms with E-state index in [1.165, 1.54) is 5.56 Å². The van der Waals surface area contributed by atoms with Crippen molar-refractivity contribution in [2.45, 2.75) is 19.3 Å². The minimum absolute atomic E-state index is 0.126. The fraction of sp³-hybridized carbons (Fsp3) is 0.200. The van der Waals surface area contributed by atoms with Gasteiger partial charge in [0.15, 0.2) is 5.78 Å². The van der Waals surface area contributed by atoms with Crippen LogP contribution < -0.4 is 0 Å². The van der Waals surface area contributed by atoms with Gasteiger partial charge in [-0.25, -0.2) is 0 Å². The fourth-order valence-corrected chi connectivity index (χ4v) is 1.75. The Morgan fingerprint density at radius 3 is 2.47 bits per heavy atom. The molecule has 0 saturated carbocycles. The molecule has 0 saturated heterocycles. The Morgan fingerprint density at radius 2 is 1.76 bits per heavy atom. The zero-order chi connectivity index (χ0) is 11.9. The second kappa shape index (κ2) is 5.94. The molecule has 17 heavy (non-hydrogen) atoms. The molecule has 0 fully saturated rings. The summed E-state index contributed by atoms with van der Waals surface area (Å²) in [5.74, 6) is 0.126. The number of pyridine rings is 1.